The molecular weight excluding hydrogens is 252 g/mol. The molecule has 0 aliphatic heterocycles. The zero-order chi connectivity index (χ0) is 14.1. The van der Waals surface area contributed by atoms with Crippen molar-refractivity contribution in [3.05, 3.63) is 17.0 Å². The van der Waals surface area contributed by atoms with Crippen LogP contribution in [0, 0.1) is 13.8 Å². The van der Waals surface area contributed by atoms with Crippen LogP contribution in [0.15, 0.2) is 0 Å². The molecular formula is C12H20N2O3S. The minimum absolute atomic E-state index is 0.0389. The standard InChI is InChI=1S/C12H20N2O3S/c1-8(2)18(16,17)7-6-14-10(4)12(11(5)15)9(3)13-14/h8H,6-7H2,1-5H3. The Morgan fingerprint density at radius 1 is 1.33 bits per heavy atom. The number of ketones is 1. The first-order valence-corrected chi connectivity index (χ1v) is 7.65. The highest BCUT2D eigenvalue weighted by Crippen LogP contribution is 2.14. The van der Waals surface area contributed by atoms with E-state index in [-0.39, 0.29) is 16.8 Å². The summed E-state index contributed by atoms with van der Waals surface area (Å²) in [6, 6.07) is 0. The number of sulfone groups is 1. The number of aryl methyl sites for hydroxylation is 2. The molecule has 102 valence electrons. The monoisotopic (exact) mass is 272 g/mol. The number of hydrogen-bond donors (Lipinski definition) is 0. The summed E-state index contributed by atoms with van der Waals surface area (Å²) in [6.07, 6.45) is 0. The fourth-order valence-electron chi connectivity index (χ4n) is 1.87. The zero-order valence-electron chi connectivity index (χ0n) is 11.5. The van der Waals surface area contributed by atoms with Crippen LogP contribution in [0.25, 0.3) is 0 Å². The Morgan fingerprint density at radius 2 is 1.89 bits per heavy atom. The molecule has 18 heavy (non-hydrogen) atoms. The number of carbonyl (C=O) groups is 1. The van der Waals surface area contributed by atoms with Crippen molar-refractivity contribution in [1.82, 2.24) is 9.78 Å². The number of aromatic nitrogens is 2. The highest BCUT2D eigenvalue weighted by molar-refractivity contribution is 7.91. The number of nitrogens with zero attached hydrogens (tertiary/aromatic N) is 2. The predicted molar refractivity (Wildman–Crippen MR) is 70.6 cm³/mol. The van der Waals surface area contributed by atoms with Crippen molar-refractivity contribution in [2.24, 2.45) is 0 Å². The number of carbonyl (C=O) groups excluding carboxylic acids is 1. The lowest BCUT2D eigenvalue weighted by Gasteiger charge is -2.08. The topological polar surface area (TPSA) is 69.0 Å². The fraction of sp³-hybridized carbons (Fsp3) is 0.667. The molecule has 6 heteroatoms. The second-order valence-corrected chi connectivity index (χ2v) is 7.42. The van der Waals surface area contributed by atoms with Gasteiger partial charge in [-0.2, -0.15) is 5.10 Å². The van der Waals surface area contributed by atoms with Crippen LogP contribution in [0.2, 0.25) is 0 Å². The lowest BCUT2D eigenvalue weighted by Crippen LogP contribution is -2.22. The molecule has 1 aromatic rings. The summed E-state index contributed by atoms with van der Waals surface area (Å²) >= 11 is 0. The predicted octanol–water partition coefficient (Wildman–Crippen LogP) is 1.53. The van der Waals surface area contributed by atoms with Crippen LogP contribution in [0.1, 0.15) is 42.5 Å². The Bertz CT molecular complexity index is 556. The molecule has 0 fully saturated rings. The van der Waals surface area contributed by atoms with Gasteiger partial charge in [-0.05, 0) is 34.6 Å². The van der Waals surface area contributed by atoms with Crippen molar-refractivity contribution in [2.75, 3.05) is 5.75 Å². The van der Waals surface area contributed by atoms with Crippen LogP contribution in [-0.2, 0) is 16.4 Å². The van der Waals surface area contributed by atoms with Crippen molar-refractivity contribution in [3.8, 4) is 0 Å². The number of Topliss-reactive ketones (excluding diaryl/α,β-unsaturated/α-hetero) is 1. The zero-order valence-corrected chi connectivity index (χ0v) is 12.3. The van der Waals surface area contributed by atoms with Gasteiger partial charge in [0.25, 0.3) is 0 Å². The Morgan fingerprint density at radius 3 is 2.28 bits per heavy atom. The average Bonchev–Trinajstić information content (AvgIpc) is 2.50. The molecule has 1 rings (SSSR count). The summed E-state index contributed by atoms with van der Waals surface area (Å²) in [4.78, 5) is 11.4. The van der Waals surface area contributed by atoms with Crippen molar-refractivity contribution in [2.45, 2.75) is 46.4 Å². The molecule has 0 aliphatic carbocycles. The summed E-state index contributed by atoms with van der Waals surface area (Å²) in [7, 11) is -3.08. The molecule has 0 saturated heterocycles. The number of rotatable bonds is 5. The van der Waals surface area contributed by atoms with Gasteiger partial charge in [0.2, 0.25) is 0 Å². The first-order valence-electron chi connectivity index (χ1n) is 5.93. The molecule has 0 aliphatic rings. The maximum atomic E-state index is 11.7. The minimum Gasteiger partial charge on any atom is -0.294 e. The number of hydrogen-bond acceptors (Lipinski definition) is 4. The van der Waals surface area contributed by atoms with E-state index in [1.54, 1.807) is 32.4 Å². The Balaban J connectivity index is 2.95. The molecule has 0 saturated carbocycles. The first kappa shape index (κ1) is 14.9. The minimum atomic E-state index is -3.08. The summed E-state index contributed by atoms with van der Waals surface area (Å²) in [6.45, 7) is 8.66. The third-order valence-corrected chi connectivity index (χ3v) is 5.23. The third-order valence-electron chi connectivity index (χ3n) is 3.04. The van der Waals surface area contributed by atoms with Gasteiger partial charge in [0, 0.05) is 5.69 Å². The van der Waals surface area contributed by atoms with Crippen molar-refractivity contribution >= 4 is 15.6 Å². The molecule has 0 bridgehead atoms. The van der Waals surface area contributed by atoms with Crippen LogP contribution in [0.3, 0.4) is 0 Å². The van der Waals surface area contributed by atoms with Gasteiger partial charge >= 0.3 is 0 Å². The van der Waals surface area contributed by atoms with Gasteiger partial charge in [0.05, 0.1) is 28.8 Å². The Labute approximate surface area is 108 Å². The van der Waals surface area contributed by atoms with E-state index in [2.05, 4.69) is 5.10 Å². The van der Waals surface area contributed by atoms with E-state index in [4.69, 9.17) is 0 Å². The van der Waals surface area contributed by atoms with E-state index in [1.165, 1.54) is 6.92 Å². The summed E-state index contributed by atoms with van der Waals surface area (Å²) in [5, 5.41) is 3.84. The second kappa shape index (κ2) is 5.22. The molecule has 1 aromatic heterocycles. The van der Waals surface area contributed by atoms with Gasteiger partial charge in [-0.1, -0.05) is 0 Å². The smallest absolute Gasteiger partial charge is 0.163 e. The molecule has 0 spiro atoms. The van der Waals surface area contributed by atoms with E-state index in [0.29, 0.717) is 17.8 Å². The second-order valence-electron chi connectivity index (χ2n) is 4.74. The lowest BCUT2D eigenvalue weighted by atomic mass is 10.1. The van der Waals surface area contributed by atoms with E-state index in [1.807, 2.05) is 0 Å². The van der Waals surface area contributed by atoms with Gasteiger partial charge < -0.3 is 0 Å². The summed E-state index contributed by atoms with van der Waals surface area (Å²) in [5.74, 6) is 0.00669. The SMILES string of the molecule is CC(=O)c1c(C)nn(CCS(=O)(=O)C(C)C)c1C. The molecule has 0 radical (unpaired) electrons. The molecule has 0 N–H and O–H groups in total. The maximum absolute atomic E-state index is 11.7. The molecule has 0 unspecified atom stereocenters. The molecule has 1 heterocycles. The van der Waals surface area contributed by atoms with Gasteiger partial charge in [-0.3, -0.25) is 9.48 Å². The average molecular weight is 272 g/mol. The quantitative estimate of drug-likeness (QED) is 0.762. The van der Waals surface area contributed by atoms with Gasteiger partial charge in [0.1, 0.15) is 0 Å². The van der Waals surface area contributed by atoms with Gasteiger partial charge in [-0.15, -0.1) is 0 Å². The lowest BCUT2D eigenvalue weighted by molar-refractivity contribution is 0.101. The normalized spacial score (nSPS) is 12.1. The third kappa shape index (κ3) is 2.98. The maximum Gasteiger partial charge on any atom is 0.163 e. The Kier molecular flexibility index (Phi) is 4.32. The summed E-state index contributed by atoms with van der Waals surface area (Å²) < 4.78 is 25.1. The van der Waals surface area contributed by atoms with Gasteiger partial charge in [-0.25, -0.2) is 8.42 Å². The highest BCUT2D eigenvalue weighted by atomic mass is 32.2. The van der Waals surface area contributed by atoms with Crippen LogP contribution in [0.4, 0.5) is 0 Å². The van der Waals surface area contributed by atoms with Crippen molar-refractivity contribution < 1.29 is 13.2 Å². The van der Waals surface area contributed by atoms with E-state index in [0.717, 1.165) is 5.69 Å². The highest BCUT2D eigenvalue weighted by Gasteiger charge is 2.19. The molecule has 0 atom stereocenters. The molecule has 5 nitrogen and oxygen atoms in total. The van der Waals surface area contributed by atoms with E-state index >= 15 is 0 Å². The Hall–Kier alpha value is -1.17. The largest absolute Gasteiger partial charge is 0.294 e. The van der Waals surface area contributed by atoms with Crippen LogP contribution in [0.5, 0.6) is 0 Å². The molecule has 0 amide bonds. The van der Waals surface area contributed by atoms with Crippen molar-refractivity contribution in [1.29, 1.82) is 0 Å². The van der Waals surface area contributed by atoms with E-state index in [9.17, 15) is 13.2 Å². The van der Waals surface area contributed by atoms with Crippen LogP contribution in [-0.4, -0.2) is 35.0 Å². The van der Waals surface area contributed by atoms with E-state index < -0.39 is 9.84 Å². The van der Waals surface area contributed by atoms with Crippen molar-refractivity contribution in [3.63, 3.8) is 0 Å². The molecule has 0 aromatic carbocycles. The summed E-state index contributed by atoms with van der Waals surface area (Å²) in [5.41, 5.74) is 1.98. The fourth-order valence-corrected chi connectivity index (χ4v) is 2.77. The first-order chi connectivity index (χ1) is 8.16. The van der Waals surface area contributed by atoms with Crippen LogP contribution < -0.4 is 0 Å². The van der Waals surface area contributed by atoms with Crippen LogP contribution >= 0.6 is 0 Å². The van der Waals surface area contributed by atoms with Gasteiger partial charge in [0.15, 0.2) is 15.6 Å².